The van der Waals surface area contributed by atoms with Crippen molar-refractivity contribution in [3.8, 4) is 0 Å². The molecule has 0 unspecified atom stereocenters. The summed E-state index contributed by atoms with van der Waals surface area (Å²) in [6.07, 6.45) is 1.70. The Bertz CT molecular complexity index is 261. The predicted molar refractivity (Wildman–Crippen MR) is 49.1 cm³/mol. The summed E-state index contributed by atoms with van der Waals surface area (Å²) >= 11 is 0. The molecular formula is C9H14N2O. The van der Waals surface area contributed by atoms with Gasteiger partial charge in [-0.05, 0) is 19.9 Å². The van der Waals surface area contributed by atoms with E-state index in [4.69, 9.17) is 5.11 Å². The summed E-state index contributed by atoms with van der Waals surface area (Å²) in [6, 6.07) is 1.94. The number of nitrogens with zero attached hydrogens (tertiary/aromatic N) is 1. The number of aliphatic hydroxyl groups excluding tert-OH is 1. The van der Waals surface area contributed by atoms with Gasteiger partial charge in [0.05, 0.1) is 6.61 Å². The average Bonchev–Trinajstić information content (AvgIpc) is 2.05. The Morgan fingerprint density at radius 1 is 1.58 bits per heavy atom. The van der Waals surface area contributed by atoms with E-state index in [2.05, 4.69) is 10.3 Å². The molecule has 3 nitrogen and oxygen atoms in total. The van der Waals surface area contributed by atoms with E-state index >= 15 is 0 Å². The zero-order valence-electron chi connectivity index (χ0n) is 7.46. The van der Waals surface area contributed by atoms with Crippen molar-refractivity contribution in [2.75, 3.05) is 11.9 Å². The highest BCUT2D eigenvalue weighted by atomic mass is 16.3. The first kappa shape index (κ1) is 9.00. The second kappa shape index (κ2) is 4.07. The second-order valence-corrected chi connectivity index (χ2v) is 2.67. The Morgan fingerprint density at radius 2 is 2.33 bits per heavy atom. The molecule has 1 aromatic rings. The molecule has 66 valence electrons. The first-order chi connectivity index (χ1) is 5.77. The molecule has 2 N–H and O–H groups in total. The third-order valence-corrected chi connectivity index (χ3v) is 1.66. The standard InChI is InChI=1S/C9H14N2O/c1-3-10-9-4-7(2)11-5-8(9)6-12/h4-5,12H,3,6H2,1-2H3,(H,10,11). The van der Waals surface area contributed by atoms with E-state index in [-0.39, 0.29) is 6.61 Å². The smallest absolute Gasteiger partial charge is 0.0717 e. The SMILES string of the molecule is CCNc1cc(C)ncc1CO. The van der Waals surface area contributed by atoms with Crippen molar-refractivity contribution in [3.63, 3.8) is 0 Å². The molecule has 0 aliphatic heterocycles. The molecule has 0 radical (unpaired) electrons. The van der Waals surface area contributed by atoms with Gasteiger partial charge in [0.2, 0.25) is 0 Å². The molecule has 0 spiro atoms. The fraction of sp³-hybridized carbons (Fsp3) is 0.444. The summed E-state index contributed by atoms with van der Waals surface area (Å²) in [4.78, 5) is 4.09. The zero-order chi connectivity index (χ0) is 8.97. The molecule has 0 atom stereocenters. The topological polar surface area (TPSA) is 45.2 Å². The summed E-state index contributed by atoms with van der Waals surface area (Å²) in [7, 11) is 0. The maximum atomic E-state index is 8.96. The van der Waals surface area contributed by atoms with Crippen LogP contribution in [0.5, 0.6) is 0 Å². The Balaban J connectivity index is 2.95. The molecular weight excluding hydrogens is 152 g/mol. The highest BCUT2D eigenvalue weighted by Gasteiger charge is 2.00. The van der Waals surface area contributed by atoms with E-state index < -0.39 is 0 Å². The van der Waals surface area contributed by atoms with E-state index in [9.17, 15) is 0 Å². The minimum atomic E-state index is 0.0373. The zero-order valence-corrected chi connectivity index (χ0v) is 7.46. The fourth-order valence-electron chi connectivity index (χ4n) is 1.07. The van der Waals surface area contributed by atoms with Crippen LogP contribution in [0.25, 0.3) is 0 Å². The molecule has 0 aliphatic rings. The number of hydrogen-bond acceptors (Lipinski definition) is 3. The van der Waals surface area contributed by atoms with Crippen molar-refractivity contribution in [1.82, 2.24) is 4.98 Å². The van der Waals surface area contributed by atoms with Crippen molar-refractivity contribution in [2.45, 2.75) is 20.5 Å². The van der Waals surface area contributed by atoms with Crippen LogP contribution in [0.1, 0.15) is 18.2 Å². The van der Waals surface area contributed by atoms with Crippen LogP contribution in [-0.4, -0.2) is 16.6 Å². The first-order valence-corrected chi connectivity index (χ1v) is 4.08. The van der Waals surface area contributed by atoms with Crippen molar-refractivity contribution < 1.29 is 5.11 Å². The molecule has 12 heavy (non-hydrogen) atoms. The molecule has 0 bridgehead atoms. The van der Waals surface area contributed by atoms with Gasteiger partial charge in [-0.2, -0.15) is 0 Å². The molecule has 3 heteroatoms. The van der Waals surface area contributed by atoms with Gasteiger partial charge in [-0.25, -0.2) is 0 Å². The number of anilines is 1. The van der Waals surface area contributed by atoms with Gasteiger partial charge in [0, 0.05) is 29.7 Å². The third-order valence-electron chi connectivity index (χ3n) is 1.66. The number of nitrogens with one attached hydrogen (secondary N) is 1. The fourth-order valence-corrected chi connectivity index (χ4v) is 1.07. The molecule has 1 heterocycles. The molecule has 1 aromatic heterocycles. The lowest BCUT2D eigenvalue weighted by molar-refractivity contribution is 0.282. The maximum absolute atomic E-state index is 8.96. The van der Waals surface area contributed by atoms with Crippen LogP contribution in [0.3, 0.4) is 0 Å². The quantitative estimate of drug-likeness (QED) is 0.711. The maximum Gasteiger partial charge on any atom is 0.0717 e. The summed E-state index contributed by atoms with van der Waals surface area (Å²) in [5, 5.41) is 12.1. The Kier molecular flexibility index (Phi) is 3.05. The average molecular weight is 166 g/mol. The van der Waals surface area contributed by atoms with Gasteiger partial charge in [0.1, 0.15) is 0 Å². The van der Waals surface area contributed by atoms with Crippen LogP contribution in [0.15, 0.2) is 12.3 Å². The number of hydrogen-bond donors (Lipinski definition) is 2. The summed E-state index contributed by atoms with van der Waals surface area (Å²) in [5.74, 6) is 0. The summed E-state index contributed by atoms with van der Waals surface area (Å²) < 4.78 is 0. The lowest BCUT2D eigenvalue weighted by Crippen LogP contribution is -2.02. The second-order valence-electron chi connectivity index (χ2n) is 2.67. The van der Waals surface area contributed by atoms with Gasteiger partial charge in [0.25, 0.3) is 0 Å². The normalized spacial score (nSPS) is 9.92. The highest BCUT2D eigenvalue weighted by molar-refractivity contribution is 5.50. The van der Waals surface area contributed by atoms with E-state index in [0.717, 1.165) is 23.5 Å². The van der Waals surface area contributed by atoms with Gasteiger partial charge >= 0.3 is 0 Å². The minimum absolute atomic E-state index is 0.0373. The van der Waals surface area contributed by atoms with Crippen LogP contribution in [0.4, 0.5) is 5.69 Å². The van der Waals surface area contributed by atoms with Crippen LogP contribution in [0, 0.1) is 6.92 Å². The number of pyridine rings is 1. The lowest BCUT2D eigenvalue weighted by atomic mass is 10.2. The van der Waals surface area contributed by atoms with E-state index in [1.54, 1.807) is 6.20 Å². The molecule has 0 fully saturated rings. The summed E-state index contributed by atoms with van der Waals surface area (Å²) in [5.41, 5.74) is 2.79. The lowest BCUT2D eigenvalue weighted by Gasteiger charge is -2.08. The predicted octanol–water partition coefficient (Wildman–Crippen LogP) is 1.31. The number of aliphatic hydroxyl groups is 1. The van der Waals surface area contributed by atoms with Crippen LogP contribution in [0.2, 0.25) is 0 Å². The number of rotatable bonds is 3. The Morgan fingerprint density at radius 3 is 2.92 bits per heavy atom. The van der Waals surface area contributed by atoms with Crippen molar-refractivity contribution in [2.24, 2.45) is 0 Å². The molecule has 0 aliphatic carbocycles. The van der Waals surface area contributed by atoms with E-state index in [1.807, 2.05) is 19.9 Å². The van der Waals surface area contributed by atoms with Crippen LogP contribution in [-0.2, 0) is 6.61 Å². The van der Waals surface area contributed by atoms with Gasteiger partial charge < -0.3 is 10.4 Å². The molecule has 0 aromatic carbocycles. The monoisotopic (exact) mass is 166 g/mol. The molecule has 1 rings (SSSR count). The van der Waals surface area contributed by atoms with Gasteiger partial charge in [0.15, 0.2) is 0 Å². The summed E-state index contributed by atoms with van der Waals surface area (Å²) in [6.45, 7) is 4.85. The van der Waals surface area contributed by atoms with Gasteiger partial charge in [-0.3, -0.25) is 4.98 Å². The van der Waals surface area contributed by atoms with E-state index in [1.165, 1.54) is 0 Å². The van der Waals surface area contributed by atoms with Crippen molar-refractivity contribution >= 4 is 5.69 Å². The number of aryl methyl sites for hydroxylation is 1. The number of aromatic nitrogens is 1. The highest BCUT2D eigenvalue weighted by Crippen LogP contribution is 2.14. The van der Waals surface area contributed by atoms with Crippen LogP contribution < -0.4 is 5.32 Å². The Labute approximate surface area is 72.5 Å². The molecule has 0 saturated carbocycles. The van der Waals surface area contributed by atoms with E-state index in [0.29, 0.717) is 0 Å². The van der Waals surface area contributed by atoms with Gasteiger partial charge in [-0.1, -0.05) is 0 Å². The largest absolute Gasteiger partial charge is 0.392 e. The first-order valence-electron chi connectivity index (χ1n) is 4.08. The van der Waals surface area contributed by atoms with Gasteiger partial charge in [-0.15, -0.1) is 0 Å². The minimum Gasteiger partial charge on any atom is -0.392 e. The van der Waals surface area contributed by atoms with Crippen LogP contribution >= 0.6 is 0 Å². The Hall–Kier alpha value is -1.09. The molecule has 0 amide bonds. The molecule has 0 saturated heterocycles. The van der Waals surface area contributed by atoms with Crippen molar-refractivity contribution in [3.05, 3.63) is 23.5 Å². The van der Waals surface area contributed by atoms with Crippen molar-refractivity contribution in [1.29, 1.82) is 0 Å². The third kappa shape index (κ3) is 1.95.